The lowest BCUT2D eigenvalue weighted by Crippen LogP contribution is -2.22. The molecule has 3 heterocycles. The Morgan fingerprint density at radius 3 is 2.63 bits per heavy atom. The molecule has 0 amide bonds. The van der Waals surface area contributed by atoms with E-state index in [0.29, 0.717) is 29.0 Å². The summed E-state index contributed by atoms with van der Waals surface area (Å²) in [6.07, 6.45) is 3.34. The van der Waals surface area contributed by atoms with Gasteiger partial charge in [0, 0.05) is 17.3 Å². The van der Waals surface area contributed by atoms with Crippen molar-refractivity contribution in [3.8, 4) is 16.9 Å². The summed E-state index contributed by atoms with van der Waals surface area (Å²) >= 11 is 0. The predicted molar refractivity (Wildman–Crippen MR) is 110 cm³/mol. The SMILES string of the molecule is COc1ccccc1Cn1ccc2c(nnc3c(-c4ccc(F)cc4)cnn32)c1=O. The number of nitrogens with zero attached hydrogens (tertiary/aromatic N) is 5. The van der Waals surface area contributed by atoms with Crippen LogP contribution in [0.3, 0.4) is 0 Å². The number of hydrogen-bond acceptors (Lipinski definition) is 5. The van der Waals surface area contributed by atoms with Crippen molar-refractivity contribution in [1.82, 2.24) is 24.4 Å². The fraction of sp³-hybridized carbons (Fsp3) is 0.0909. The van der Waals surface area contributed by atoms with E-state index in [1.165, 1.54) is 12.1 Å². The van der Waals surface area contributed by atoms with Crippen molar-refractivity contribution in [3.63, 3.8) is 0 Å². The number of para-hydroxylation sites is 1. The summed E-state index contributed by atoms with van der Waals surface area (Å²) in [5, 5.41) is 12.8. The van der Waals surface area contributed by atoms with Crippen LogP contribution in [0.4, 0.5) is 4.39 Å². The second kappa shape index (κ2) is 7.07. The van der Waals surface area contributed by atoms with Crippen LogP contribution in [0.1, 0.15) is 5.56 Å². The normalized spacial score (nSPS) is 11.3. The van der Waals surface area contributed by atoms with Crippen molar-refractivity contribution in [2.45, 2.75) is 6.54 Å². The third-order valence-electron chi connectivity index (χ3n) is 5.02. The molecular weight excluding hydrogens is 385 g/mol. The van der Waals surface area contributed by atoms with E-state index in [2.05, 4.69) is 15.3 Å². The minimum atomic E-state index is -0.317. The van der Waals surface area contributed by atoms with Crippen molar-refractivity contribution in [1.29, 1.82) is 0 Å². The molecule has 0 spiro atoms. The summed E-state index contributed by atoms with van der Waals surface area (Å²) in [6.45, 7) is 0.346. The largest absolute Gasteiger partial charge is 0.496 e. The highest BCUT2D eigenvalue weighted by Crippen LogP contribution is 2.25. The highest BCUT2D eigenvalue weighted by atomic mass is 19.1. The number of aromatic nitrogens is 5. The molecule has 0 fully saturated rings. The van der Waals surface area contributed by atoms with Gasteiger partial charge in [0.05, 0.1) is 19.9 Å². The van der Waals surface area contributed by atoms with Crippen molar-refractivity contribution in [2.75, 3.05) is 7.11 Å². The third kappa shape index (κ3) is 2.89. The molecule has 0 aliphatic rings. The fourth-order valence-corrected chi connectivity index (χ4v) is 3.50. The van der Waals surface area contributed by atoms with E-state index < -0.39 is 0 Å². The van der Waals surface area contributed by atoms with Crippen LogP contribution in [-0.4, -0.2) is 31.5 Å². The molecular formula is C22H16FN5O2. The van der Waals surface area contributed by atoms with Crippen LogP contribution >= 0.6 is 0 Å². The molecule has 0 bridgehead atoms. The third-order valence-corrected chi connectivity index (χ3v) is 5.02. The average Bonchev–Trinajstić information content (AvgIpc) is 3.21. The van der Waals surface area contributed by atoms with Crippen LogP contribution in [0.5, 0.6) is 5.75 Å². The lowest BCUT2D eigenvalue weighted by atomic mass is 10.1. The molecule has 5 rings (SSSR count). The molecule has 0 saturated heterocycles. The first-order valence-electron chi connectivity index (χ1n) is 9.27. The van der Waals surface area contributed by atoms with Gasteiger partial charge in [0.2, 0.25) is 0 Å². The highest BCUT2D eigenvalue weighted by molar-refractivity contribution is 5.82. The molecule has 3 aromatic heterocycles. The van der Waals surface area contributed by atoms with Crippen LogP contribution in [0.25, 0.3) is 27.8 Å². The topological polar surface area (TPSA) is 74.3 Å². The summed E-state index contributed by atoms with van der Waals surface area (Å²) in [7, 11) is 1.60. The lowest BCUT2D eigenvalue weighted by molar-refractivity contribution is 0.408. The molecule has 0 aliphatic heterocycles. The van der Waals surface area contributed by atoms with Gasteiger partial charge in [-0.1, -0.05) is 30.3 Å². The Hall–Kier alpha value is -4.07. The maximum atomic E-state index is 13.2. The number of ether oxygens (including phenoxy) is 1. The lowest BCUT2D eigenvalue weighted by Gasteiger charge is -2.11. The molecule has 0 aliphatic carbocycles. The first-order chi connectivity index (χ1) is 14.7. The number of halogens is 1. The minimum absolute atomic E-state index is 0.216. The van der Waals surface area contributed by atoms with Crippen molar-refractivity contribution >= 4 is 16.7 Å². The monoisotopic (exact) mass is 401 g/mol. The van der Waals surface area contributed by atoms with E-state index in [4.69, 9.17) is 4.74 Å². The Morgan fingerprint density at radius 1 is 1.03 bits per heavy atom. The van der Waals surface area contributed by atoms with Crippen LogP contribution in [0.15, 0.2) is 71.8 Å². The molecule has 0 saturated carbocycles. The smallest absolute Gasteiger partial charge is 0.280 e. The number of rotatable bonds is 4. The van der Waals surface area contributed by atoms with E-state index >= 15 is 0 Å². The van der Waals surface area contributed by atoms with Gasteiger partial charge in [-0.25, -0.2) is 8.91 Å². The summed E-state index contributed by atoms with van der Waals surface area (Å²) in [5.41, 5.74) is 3.35. The van der Waals surface area contributed by atoms with Crippen molar-refractivity contribution in [2.24, 2.45) is 0 Å². The Balaban J connectivity index is 1.62. The van der Waals surface area contributed by atoms with Gasteiger partial charge in [-0.15, -0.1) is 10.2 Å². The maximum Gasteiger partial charge on any atom is 0.280 e. The fourth-order valence-electron chi connectivity index (χ4n) is 3.50. The summed E-state index contributed by atoms with van der Waals surface area (Å²) in [6, 6.07) is 15.4. The summed E-state index contributed by atoms with van der Waals surface area (Å²) in [5.74, 6) is 0.393. The molecule has 0 N–H and O–H groups in total. The molecule has 0 radical (unpaired) electrons. The van der Waals surface area contributed by atoms with E-state index in [1.807, 2.05) is 24.3 Å². The number of methoxy groups -OCH3 is 1. The Bertz CT molecular complexity index is 1440. The Labute approximate surface area is 170 Å². The quantitative estimate of drug-likeness (QED) is 0.462. The minimum Gasteiger partial charge on any atom is -0.496 e. The number of hydrogen-bond donors (Lipinski definition) is 0. The molecule has 0 unspecified atom stereocenters. The van der Waals surface area contributed by atoms with Crippen molar-refractivity contribution < 1.29 is 9.13 Å². The van der Waals surface area contributed by atoms with Crippen LogP contribution in [0, 0.1) is 5.82 Å². The van der Waals surface area contributed by atoms with Crippen LogP contribution in [-0.2, 0) is 6.54 Å². The maximum absolute atomic E-state index is 13.2. The second-order valence-electron chi connectivity index (χ2n) is 6.80. The van der Waals surface area contributed by atoms with Gasteiger partial charge in [-0.3, -0.25) is 4.79 Å². The molecule has 8 heteroatoms. The standard InChI is InChI=1S/C22H16FN5O2/c1-30-19-5-3-2-4-15(19)13-27-11-10-18-20(22(27)29)25-26-21-17(12-24-28(18)21)14-6-8-16(23)9-7-14/h2-12H,13H2,1H3. The van der Waals surface area contributed by atoms with E-state index in [0.717, 1.165) is 11.1 Å². The van der Waals surface area contributed by atoms with Gasteiger partial charge >= 0.3 is 0 Å². The van der Waals surface area contributed by atoms with Gasteiger partial charge in [0.1, 0.15) is 17.1 Å². The molecule has 30 heavy (non-hydrogen) atoms. The zero-order chi connectivity index (χ0) is 20.7. The predicted octanol–water partition coefficient (Wildman–Crippen LogP) is 3.30. The summed E-state index contributed by atoms with van der Waals surface area (Å²) in [4.78, 5) is 13.0. The van der Waals surface area contributed by atoms with E-state index in [-0.39, 0.29) is 16.9 Å². The zero-order valence-electron chi connectivity index (χ0n) is 16.0. The molecule has 2 aromatic carbocycles. The average molecular weight is 401 g/mol. The molecule has 0 atom stereocenters. The molecule has 148 valence electrons. The Kier molecular flexibility index (Phi) is 4.24. The number of benzene rings is 2. The van der Waals surface area contributed by atoms with E-state index in [1.54, 1.807) is 46.8 Å². The highest BCUT2D eigenvalue weighted by Gasteiger charge is 2.15. The van der Waals surface area contributed by atoms with Gasteiger partial charge in [-0.05, 0) is 29.8 Å². The number of pyridine rings is 1. The van der Waals surface area contributed by atoms with Crippen LogP contribution < -0.4 is 10.3 Å². The Morgan fingerprint density at radius 2 is 1.83 bits per heavy atom. The van der Waals surface area contributed by atoms with Crippen molar-refractivity contribution in [3.05, 3.63) is 88.7 Å². The first-order valence-corrected chi connectivity index (χ1v) is 9.27. The summed E-state index contributed by atoms with van der Waals surface area (Å²) < 4.78 is 21.8. The zero-order valence-corrected chi connectivity index (χ0v) is 16.0. The first kappa shape index (κ1) is 18.0. The van der Waals surface area contributed by atoms with Crippen LogP contribution in [0.2, 0.25) is 0 Å². The van der Waals surface area contributed by atoms with Gasteiger partial charge in [0.25, 0.3) is 5.56 Å². The number of fused-ring (bicyclic) bond motifs is 3. The van der Waals surface area contributed by atoms with E-state index in [9.17, 15) is 9.18 Å². The van der Waals surface area contributed by atoms with Gasteiger partial charge < -0.3 is 9.30 Å². The van der Waals surface area contributed by atoms with Gasteiger partial charge in [-0.2, -0.15) is 5.10 Å². The molecule has 5 aromatic rings. The van der Waals surface area contributed by atoms with Gasteiger partial charge in [0.15, 0.2) is 11.2 Å². The second-order valence-corrected chi connectivity index (χ2v) is 6.80. The molecule has 7 nitrogen and oxygen atoms in total.